The van der Waals surface area contributed by atoms with Gasteiger partial charge in [0.1, 0.15) is 0 Å². The zero-order valence-corrected chi connectivity index (χ0v) is 11.6. The van der Waals surface area contributed by atoms with Gasteiger partial charge in [-0.3, -0.25) is 9.78 Å². The Morgan fingerprint density at radius 1 is 0.952 bits per heavy atom. The summed E-state index contributed by atoms with van der Waals surface area (Å²) >= 11 is 0. The molecule has 0 spiro atoms. The summed E-state index contributed by atoms with van der Waals surface area (Å²) in [5, 5.41) is 4.05. The van der Waals surface area contributed by atoms with E-state index in [2.05, 4.69) is 10.3 Å². The molecule has 3 rings (SSSR count). The van der Waals surface area contributed by atoms with Gasteiger partial charge in [-0.15, -0.1) is 0 Å². The highest BCUT2D eigenvalue weighted by Crippen LogP contribution is 2.15. The molecule has 3 heteroatoms. The Bertz CT molecular complexity index is 748. The quantitative estimate of drug-likeness (QED) is 0.795. The van der Waals surface area contributed by atoms with E-state index in [0.29, 0.717) is 13.0 Å². The van der Waals surface area contributed by atoms with Crippen molar-refractivity contribution in [3.05, 3.63) is 78.0 Å². The van der Waals surface area contributed by atoms with Gasteiger partial charge in [0.2, 0.25) is 5.91 Å². The maximum Gasteiger partial charge on any atom is 0.224 e. The third kappa shape index (κ3) is 3.26. The third-order valence-electron chi connectivity index (χ3n) is 3.40. The average molecular weight is 276 g/mol. The molecule has 3 aromatic rings. The molecular formula is C18H16N2O. The van der Waals surface area contributed by atoms with Gasteiger partial charge in [0.15, 0.2) is 0 Å². The van der Waals surface area contributed by atoms with Crippen LogP contribution in [0.2, 0.25) is 0 Å². The number of fused-ring (bicyclic) bond motifs is 1. The molecule has 1 heterocycles. The fourth-order valence-corrected chi connectivity index (χ4v) is 2.35. The van der Waals surface area contributed by atoms with Crippen molar-refractivity contribution in [2.45, 2.75) is 13.0 Å². The van der Waals surface area contributed by atoms with Gasteiger partial charge in [-0.2, -0.15) is 0 Å². The lowest BCUT2D eigenvalue weighted by molar-refractivity contribution is -0.120. The van der Waals surface area contributed by atoms with E-state index in [-0.39, 0.29) is 5.91 Å². The fourth-order valence-electron chi connectivity index (χ4n) is 2.35. The lowest BCUT2D eigenvalue weighted by Crippen LogP contribution is -2.24. The monoisotopic (exact) mass is 276 g/mol. The first kappa shape index (κ1) is 13.3. The zero-order valence-electron chi connectivity index (χ0n) is 11.6. The van der Waals surface area contributed by atoms with Crippen LogP contribution in [0.15, 0.2) is 66.9 Å². The Morgan fingerprint density at radius 3 is 2.62 bits per heavy atom. The molecule has 1 N–H and O–H groups in total. The van der Waals surface area contributed by atoms with Gasteiger partial charge in [-0.05, 0) is 17.2 Å². The predicted molar refractivity (Wildman–Crippen MR) is 83.7 cm³/mol. The Hall–Kier alpha value is -2.68. The van der Waals surface area contributed by atoms with Crippen LogP contribution >= 0.6 is 0 Å². The van der Waals surface area contributed by atoms with E-state index in [9.17, 15) is 4.79 Å². The number of aromatic nitrogens is 1. The highest BCUT2D eigenvalue weighted by Gasteiger charge is 2.05. The molecule has 0 aliphatic rings. The molecule has 2 aromatic carbocycles. The second kappa shape index (κ2) is 6.18. The molecule has 0 atom stereocenters. The van der Waals surface area contributed by atoms with Gasteiger partial charge in [-0.1, -0.05) is 54.6 Å². The third-order valence-corrected chi connectivity index (χ3v) is 3.40. The summed E-state index contributed by atoms with van der Waals surface area (Å²) in [5.74, 6) is 0.0223. The smallest absolute Gasteiger partial charge is 0.224 e. The molecule has 1 aromatic heterocycles. The average Bonchev–Trinajstić information content (AvgIpc) is 2.54. The molecule has 104 valence electrons. The second-order valence-electron chi connectivity index (χ2n) is 4.93. The Balaban J connectivity index is 1.68. The van der Waals surface area contributed by atoms with Crippen LogP contribution in [0, 0.1) is 0 Å². The molecule has 3 nitrogen and oxygen atoms in total. The summed E-state index contributed by atoms with van der Waals surface area (Å²) in [6.45, 7) is 0.500. The van der Waals surface area contributed by atoms with E-state index in [4.69, 9.17) is 0 Å². The second-order valence-corrected chi connectivity index (χ2v) is 4.93. The zero-order chi connectivity index (χ0) is 14.5. The molecule has 0 radical (unpaired) electrons. The standard InChI is InChI=1S/C18H16N2O/c21-17(12-14-6-2-1-3-7-14)20-13-16-9-4-8-15-10-5-11-19-18(15)16/h1-11H,12-13H2,(H,20,21). The van der Waals surface area contributed by atoms with Crippen LogP contribution in [0.5, 0.6) is 0 Å². The number of hydrogen-bond acceptors (Lipinski definition) is 2. The first-order chi connectivity index (χ1) is 10.3. The van der Waals surface area contributed by atoms with Crippen LogP contribution in [0.3, 0.4) is 0 Å². The van der Waals surface area contributed by atoms with Crippen molar-refractivity contribution in [3.63, 3.8) is 0 Å². The van der Waals surface area contributed by atoms with Gasteiger partial charge in [0, 0.05) is 18.1 Å². The van der Waals surface area contributed by atoms with Crippen LogP contribution in [0.25, 0.3) is 10.9 Å². The highest BCUT2D eigenvalue weighted by atomic mass is 16.1. The number of benzene rings is 2. The van der Waals surface area contributed by atoms with E-state index in [1.54, 1.807) is 6.20 Å². The van der Waals surface area contributed by atoms with Gasteiger partial charge in [0.25, 0.3) is 0 Å². The van der Waals surface area contributed by atoms with Crippen molar-refractivity contribution in [1.29, 1.82) is 0 Å². The highest BCUT2D eigenvalue weighted by molar-refractivity contribution is 5.83. The molecule has 0 saturated heterocycles. The number of carbonyl (C=O) groups is 1. The van der Waals surface area contributed by atoms with Crippen molar-refractivity contribution in [1.82, 2.24) is 10.3 Å². The maximum absolute atomic E-state index is 12.0. The van der Waals surface area contributed by atoms with Crippen LogP contribution in [-0.4, -0.2) is 10.9 Å². The summed E-state index contributed by atoms with van der Waals surface area (Å²) in [4.78, 5) is 16.4. The van der Waals surface area contributed by atoms with Crippen LogP contribution in [0.4, 0.5) is 0 Å². The minimum absolute atomic E-state index is 0.0223. The first-order valence-electron chi connectivity index (χ1n) is 6.96. The van der Waals surface area contributed by atoms with Gasteiger partial charge in [-0.25, -0.2) is 0 Å². The van der Waals surface area contributed by atoms with Crippen molar-refractivity contribution in [2.75, 3.05) is 0 Å². The molecular weight excluding hydrogens is 260 g/mol. The summed E-state index contributed by atoms with van der Waals surface area (Å²) in [6.07, 6.45) is 2.18. The largest absolute Gasteiger partial charge is 0.352 e. The minimum atomic E-state index is 0.0223. The van der Waals surface area contributed by atoms with Gasteiger partial charge < -0.3 is 5.32 Å². The number of carbonyl (C=O) groups excluding carboxylic acids is 1. The lowest BCUT2D eigenvalue weighted by Gasteiger charge is -2.08. The van der Waals surface area contributed by atoms with E-state index in [1.165, 1.54) is 0 Å². The van der Waals surface area contributed by atoms with Crippen molar-refractivity contribution in [2.24, 2.45) is 0 Å². The Labute approximate surface area is 123 Å². The first-order valence-corrected chi connectivity index (χ1v) is 6.96. The number of nitrogens with one attached hydrogen (secondary N) is 1. The van der Waals surface area contributed by atoms with Crippen molar-refractivity contribution >= 4 is 16.8 Å². The molecule has 0 saturated carbocycles. The summed E-state index contributed by atoms with van der Waals surface area (Å²) in [6, 6.07) is 19.7. The normalized spacial score (nSPS) is 10.5. The number of amides is 1. The van der Waals surface area contributed by atoms with E-state index >= 15 is 0 Å². The number of nitrogens with zero attached hydrogens (tertiary/aromatic N) is 1. The number of rotatable bonds is 4. The summed E-state index contributed by atoms with van der Waals surface area (Å²) < 4.78 is 0. The van der Waals surface area contributed by atoms with Gasteiger partial charge >= 0.3 is 0 Å². The molecule has 0 fully saturated rings. The molecule has 0 aliphatic heterocycles. The maximum atomic E-state index is 12.0. The number of para-hydroxylation sites is 1. The fraction of sp³-hybridized carbons (Fsp3) is 0.111. The van der Waals surface area contributed by atoms with Crippen molar-refractivity contribution in [3.8, 4) is 0 Å². The topological polar surface area (TPSA) is 42.0 Å². The number of pyridine rings is 1. The SMILES string of the molecule is O=C(Cc1ccccc1)NCc1cccc2cccnc12. The Morgan fingerprint density at radius 2 is 1.76 bits per heavy atom. The minimum Gasteiger partial charge on any atom is -0.352 e. The summed E-state index contributed by atoms with van der Waals surface area (Å²) in [7, 11) is 0. The Kier molecular flexibility index (Phi) is 3.92. The molecule has 0 unspecified atom stereocenters. The van der Waals surface area contributed by atoms with E-state index in [1.807, 2.05) is 60.7 Å². The summed E-state index contributed by atoms with van der Waals surface area (Å²) in [5.41, 5.74) is 3.00. The van der Waals surface area contributed by atoms with Crippen molar-refractivity contribution < 1.29 is 4.79 Å². The molecule has 21 heavy (non-hydrogen) atoms. The van der Waals surface area contributed by atoms with Crippen LogP contribution in [0.1, 0.15) is 11.1 Å². The predicted octanol–water partition coefficient (Wildman–Crippen LogP) is 3.09. The molecule has 1 amide bonds. The molecule has 0 bridgehead atoms. The lowest BCUT2D eigenvalue weighted by atomic mass is 10.1. The van der Waals surface area contributed by atoms with Crippen LogP contribution < -0.4 is 5.32 Å². The van der Waals surface area contributed by atoms with Crippen LogP contribution in [-0.2, 0) is 17.8 Å². The molecule has 0 aliphatic carbocycles. The van der Waals surface area contributed by atoms with Gasteiger partial charge in [0.05, 0.1) is 11.9 Å². The van der Waals surface area contributed by atoms with E-state index in [0.717, 1.165) is 22.0 Å². The number of hydrogen-bond donors (Lipinski definition) is 1. The van der Waals surface area contributed by atoms with E-state index < -0.39 is 0 Å².